The van der Waals surface area contributed by atoms with Gasteiger partial charge in [-0.15, -0.1) is 0 Å². The molecule has 1 heterocycles. The predicted octanol–water partition coefficient (Wildman–Crippen LogP) is -0.0517. The zero-order chi connectivity index (χ0) is 8.10. The van der Waals surface area contributed by atoms with Gasteiger partial charge in [-0.1, -0.05) is 11.8 Å². The summed E-state index contributed by atoms with van der Waals surface area (Å²) in [6.07, 6.45) is 0. The average molecular weight is 150 g/mol. The molecule has 0 amide bonds. The molecule has 1 aliphatic heterocycles. The highest BCUT2D eigenvalue weighted by Gasteiger charge is 2.11. The molecule has 0 atom stereocenters. The largest absolute Gasteiger partial charge is 0.304 e. The monoisotopic (exact) mass is 150 g/mol. The van der Waals surface area contributed by atoms with E-state index in [2.05, 4.69) is 28.7 Å². The topological polar surface area (TPSA) is 6.48 Å². The molecular weight excluding hydrogens is 136 g/mol. The van der Waals surface area contributed by atoms with E-state index in [0.717, 1.165) is 32.7 Å². The Morgan fingerprint density at radius 1 is 1.27 bits per heavy atom. The molecule has 2 radical (unpaired) electrons. The van der Waals surface area contributed by atoms with E-state index < -0.39 is 0 Å². The molecule has 0 N–H and O–H groups in total. The fraction of sp³-hybridized carbons (Fsp3) is 0.667. The van der Waals surface area contributed by atoms with E-state index in [1.807, 2.05) is 0 Å². The maximum Gasteiger partial charge on any atom is 0.0602 e. The van der Waals surface area contributed by atoms with Crippen LogP contribution < -0.4 is 0 Å². The summed E-state index contributed by atoms with van der Waals surface area (Å²) in [7, 11) is 2.14. The molecule has 11 heavy (non-hydrogen) atoms. The van der Waals surface area contributed by atoms with Gasteiger partial charge in [-0.05, 0) is 7.05 Å². The minimum atomic E-state index is 0.824. The first-order valence-electron chi connectivity index (χ1n) is 3.92. The fourth-order valence-electron chi connectivity index (χ4n) is 1.16. The molecule has 0 spiro atoms. The summed E-state index contributed by atoms with van der Waals surface area (Å²) in [5, 5.41) is 0. The lowest BCUT2D eigenvalue weighted by atomic mass is 10.3. The van der Waals surface area contributed by atoms with Crippen LogP contribution in [0.3, 0.4) is 0 Å². The van der Waals surface area contributed by atoms with E-state index in [1.54, 1.807) is 0 Å². The summed E-state index contributed by atoms with van der Waals surface area (Å²) < 4.78 is 0. The molecule has 1 aliphatic rings. The first-order valence-corrected chi connectivity index (χ1v) is 3.92. The van der Waals surface area contributed by atoms with Crippen molar-refractivity contribution in [1.29, 1.82) is 0 Å². The molecule has 0 bridgehead atoms. The standard InChI is InChI=1S/C9H14N2/c1-3-4-5-11-8-6-10(2)7-9-11/h1H,5-9H2,2H3. The number of hydrogen-bond acceptors (Lipinski definition) is 2. The van der Waals surface area contributed by atoms with Crippen molar-refractivity contribution >= 4 is 0 Å². The molecule has 1 saturated heterocycles. The minimum absolute atomic E-state index is 0.824. The van der Waals surface area contributed by atoms with E-state index >= 15 is 0 Å². The van der Waals surface area contributed by atoms with Crippen LogP contribution >= 0.6 is 0 Å². The van der Waals surface area contributed by atoms with Gasteiger partial charge in [-0.3, -0.25) is 4.90 Å². The normalized spacial score (nSPS) is 20.9. The maximum absolute atomic E-state index is 5.07. The highest BCUT2D eigenvalue weighted by Crippen LogP contribution is 1.96. The van der Waals surface area contributed by atoms with Crippen LogP contribution in [0.2, 0.25) is 0 Å². The third-order valence-corrected chi connectivity index (χ3v) is 2.00. The second-order valence-corrected chi connectivity index (χ2v) is 2.90. The molecular formula is C9H14N2. The van der Waals surface area contributed by atoms with E-state index in [1.165, 1.54) is 0 Å². The van der Waals surface area contributed by atoms with Crippen molar-refractivity contribution in [3.63, 3.8) is 0 Å². The summed E-state index contributed by atoms with van der Waals surface area (Å²) in [5.41, 5.74) is 0. The van der Waals surface area contributed by atoms with Crippen molar-refractivity contribution in [1.82, 2.24) is 9.80 Å². The molecule has 0 unspecified atom stereocenters. The van der Waals surface area contributed by atoms with Crippen LogP contribution in [0.4, 0.5) is 0 Å². The van der Waals surface area contributed by atoms with Gasteiger partial charge < -0.3 is 4.90 Å². The van der Waals surface area contributed by atoms with Gasteiger partial charge >= 0.3 is 0 Å². The van der Waals surface area contributed by atoms with Crippen LogP contribution in [0.5, 0.6) is 0 Å². The van der Waals surface area contributed by atoms with Gasteiger partial charge in [0, 0.05) is 26.2 Å². The third kappa shape index (κ3) is 2.92. The Bertz CT molecular complexity index is 158. The highest BCUT2D eigenvalue weighted by atomic mass is 15.2. The Labute approximate surface area is 69.2 Å². The lowest BCUT2D eigenvalue weighted by molar-refractivity contribution is 0.168. The lowest BCUT2D eigenvalue weighted by Crippen LogP contribution is -2.44. The smallest absolute Gasteiger partial charge is 0.0602 e. The molecule has 2 nitrogen and oxygen atoms in total. The predicted molar refractivity (Wildman–Crippen MR) is 46.0 cm³/mol. The van der Waals surface area contributed by atoms with Gasteiger partial charge in [0.15, 0.2) is 0 Å². The lowest BCUT2D eigenvalue weighted by Gasteiger charge is -2.30. The van der Waals surface area contributed by atoms with Gasteiger partial charge in [0.25, 0.3) is 0 Å². The number of piperazine rings is 1. The molecule has 0 aromatic rings. The maximum atomic E-state index is 5.07. The van der Waals surface area contributed by atoms with E-state index in [4.69, 9.17) is 6.92 Å². The summed E-state index contributed by atoms with van der Waals surface area (Å²) >= 11 is 0. The summed E-state index contributed by atoms with van der Waals surface area (Å²) in [4.78, 5) is 4.65. The van der Waals surface area contributed by atoms with Gasteiger partial charge in [0.05, 0.1) is 13.5 Å². The number of rotatable bonds is 1. The van der Waals surface area contributed by atoms with Gasteiger partial charge in [0.2, 0.25) is 0 Å². The van der Waals surface area contributed by atoms with Gasteiger partial charge in [-0.25, -0.2) is 0 Å². The van der Waals surface area contributed by atoms with E-state index in [0.29, 0.717) is 0 Å². The minimum Gasteiger partial charge on any atom is -0.304 e. The van der Waals surface area contributed by atoms with Crippen LogP contribution in [0.1, 0.15) is 0 Å². The molecule has 60 valence electrons. The van der Waals surface area contributed by atoms with Crippen molar-refractivity contribution in [2.24, 2.45) is 0 Å². The Morgan fingerprint density at radius 3 is 2.45 bits per heavy atom. The van der Waals surface area contributed by atoms with Crippen LogP contribution in [-0.4, -0.2) is 49.6 Å². The summed E-state index contributed by atoms with van der Waals surface area (Å²) in [5.74, 6) is 5.29. The van der Waals surface area contributed by atoms with Crippen molar-refractivity contribution in [2.75, 3.05) is 39.8 Å². The Hall–Kier alpha value is -0.520. The third-order valence-electron chi connectivity index (χ3n) is 2.00. The number of likely N-dealkylation sites (N-methyl/N-ethyl adjacent to an activating group) is 1. The zero-order valence-electron chi connectivity index (χ0n) is 7.01. The van der Waals surface area contributed by atoms with E-state index in [-0.39, 0.29) is 0 Å². The number of nitrogens with zero attached hydrogens (tertiary/aromatic N) is 2. The summed E-state index contributed by atoms with van der Waals surface area (Å²) in [6.45, 7) is 10.4. The molecule has 1 rings (SSSR count). The Morgan fingerprint density at radius 2 is 1.91 bits per heavy atom. The SMILES string of the molecule is [CH]C#CCN1CCN(C)CC1. The molecule has 2 heteroatoms. The quantitative estimate of drug-likeness (QED) is 0.483. The Balaban J connectivity index is 2.20. The molecule has 0 saturated carbocycles. The molecule has 0 aromatic heterocycles. The van der Waals surface area contributed by atoms with Crippen LogP contribution in [0.15, 0.2) is 0 Å². The summed E-state index contributed by atoms with van der Waals surface area (Å²) in [6, 6.07) is 0. The fourth-order valence-corrected chi connectivity index (χ4v) is 1.16. The Kier molecular flexibility index (Phi) is 3.41. The van der Waals surface area contributed by atoms with Crippen molar-refractivity contribution in [3.8, 4) is 11.8 Å². The van der Waals surface area contributed by atoms with E-state index in [9.17, 15) is 0 Å². The molecule has 0 aromatic carbocycles. The van der Waals surface area contributed by atoms with Gasteiger partial charge in [0.1, 0.15) is 0 Å². The average Bonchev–Trinajstić information content (AvgIpc) is 2.04. The van der Waals surface area contributed by atoms with Crippen molar-refractivity contribution in [3.05, 3.63) is 6.92 Å². The van der Waals surface area contributed by atoms with Crippen LogP contribution in [-0.2, 0) is 0 Å². The first-order chi connectivity index (χ1) is 5.33. The van der Waals surface area contributed by atoms with Gasteiger partial charge in [-0.2, -0.15) is 0 Å². The first kappa shape index (κ1) is 8.58. The number of hydrogen-bond donors (Lipinski definition) is 0. The zero-order valence-corrected chi connectivity index (χ0v) is 7.01. The second-order valence-electron chi connectivity index (χ2n) is 2.90. The molecule has 0 aliphatic carbocycles. The highest BCUT2D eigenvalue weighted by molar-refractivity contribution is 5.03. The van der Waals surface area contributed by atoms with Crippen molar-refractivity contribution in [2.45, 2.75) is 0 Å². The van der Waals surface area contributed by atoms with Crippen LogP contribution in [0, 0.1) is 18.8 Å². The molecule has 1 fully saturated rings. The second kappa shape index (κ2) is 4.38. The van der Waals surface area contributed by atoms with Crippen LogP contribution in [0.25, 0.3) is 0 Å². The van der Waals surface area contributed by atoms with Crippen molar-refractivity contribution < 1.29 is 0 Å².